The van der Waals surface area contributed by atoms with Gasteiger partial charge in [0.15, 0.2) is 0 Å². The van der Waals surface area contributed by atoms with E-state index >= 15 is 0 Å². The van der Waals surface area contributed by atoms with Crippen LogP contribution in [-0.4, -0.2) is 14.3 Å². The van der Waals surface area contributed by atoms with Crippen LogP contribution in [0, 0.1) is 24.2 Å². The Morgan fingerprint density at radius 3 is 1.43 bits per heavy atom. The minimum absolute atomic E-state index is 0.0991. The Kier molecular flexibility index (Phi) is 10.3. The van der Waals surface area contributed by atoms with Gasteiger partial charge >= 0.3 is 0 Å². The molecule has 0 rings (SSSR count). The summed E-state index contributed by atoms with van der Waals surface area (Å²) in [5.74, 6) is 1.94. The van der Waals surface area contributed by atoms with E-state index in [1.165, 1.54) is 19.3 Å². The molecule has 0 bridgehead atoms. The van der Waals surface area contributed by atoms with Crippen LogP contribution in [0.1, 0.15) is 67.7 Å². The van der Waals surface area contributed by atoms with Gasteiger partial charge in [-0.2, -0.15) is 0 Å². The maximum Gasteiger partial charge on any atom is 0.296 e. The van der Waals surface area contributed by atoms with E-state index in [2.05, 4.69) is 41.5 Å². The largest absolute Gasteiger partial charge is 0.519 e. The summed E-state index contributed by atoms with van der Waals surface area (Å²) >= 11 is 0. The molecular weight excluding hydrogens is 276 g/mol. The molecule has 0 aliphatic carbocycles. The highest BCUT2D eigenvalue weighted by Gasteiger charge is 2.37. The number of hydrogen-bond acceptors (Lipinski definition) is 2. The Morgan fingerprint density at radius 1 is 0.857 bits per heavy atom. The monoisotopic (exact) mass is 313 g/mol. The van der Waals surface area contributed by atoms with Crippen molar-refractivity contribution >= 4 is 14.3 Å². The van der Waals surface area contributed by atoms with E-state index in [4.69, 9.17) is 4.43 Å². The van der Waals surface area contributed by atoms with Gasteiger partial charge in [0, 0.05) is 0 Å². The molecule has 125 valence electrons. The molecule has 0 unspecified atom stereocenters. The number of carbonyl (C=O) groups is 1. The first kappa shape index (κ1) is 20.7. The molecule has 21 heavy (non-hydrogen) atoms. The zero-order valence-corrected chi connectivity index (χ0v) is 16.4. The van der Waals surface area contributed by atoms with Crippen molar-refractivity contribution < 1.29 is 9.22 Å². The first-order valence-electron chi connectivity index (χ1n) is 8.73. The lowest BCUT2D eigenvalue weighted by atomic mass is 10.2. The molecule has 0 spiro atoms. The van der Waals surface area contributed by atoms with E-state index in [1.54, 1.807) is 13.3 Å². The summed E-state index contributed by atoms with van der Waals surface area (Å²) in [6.07, 6.45) is 5.13. The normalized spacial score (nSPS) is 12.5. The van der Waals surface area contributed by atoms with Crippen molar-refractivity contribution in [1.82, 2.24) is 0 Å². The zero-order chi connectivity index (χ0) is 16.5. The lowest BCUT2D eigenvalue weighted by Gasteiger charge is -2.33. The van der Waals surface area contributed by atoms with Gasteiger partial charge in [-0.3, -0.25) is 4.79 Å². The van der Waals surface area contributed by atoms with E-state index < -0.39 is 8.32 Å². The molecule has 0 aromatic rings. The fraction of sp³-hybridized carbons (Fsp3) is 0.889. The van der Waals surface area contributed by atoms with Crippen molar-refractivity contribution in [2.45, 2.75) is 85.9 Å². The average molecular weight is 314 g/mol. The quantitative estimate of drug-likeness (QED) is 0.448. The summed E-state index contributed by atoms with van der Waals surface area (Å²) in [6, 6.07) is 3.39. The first-order chi connectivity index (χ1) is 9.70. The zero-order valence-electron chi connectivity index (χ0n) is 15.4. The van der Waals surface area contributed by atoms with Crippen molar-refractivity contribution in [2.24, 2.45) is 17.8 Å². The molecule has 0 saturated heterocycles. The van der Waals surface area contributed by atoms with Crippen LogP contribution in [-0.2, 0) is 9.22 Å². The number of hydrogen-bond donors (Lipinski definition) is 0. The predicted molar refractivity (Wildman–Crippen MR) is 94.6 cm³/mol. The van der Waals surface area contributed by atoms with Crippen LogP contribution in [0.5, 0.6) is 0 Å². The Morgan fingerprint density at radius 2 is 1.19 bits per heavy atom. The van der Waals surface area contributed by atoms with E-state index in [9.17, 15) is 4.79 Å². The van der Waals surface area contributed by atoms with Crippen LogP contribution in [0.25, 0.3) is 0 Å². The van der Waals surface area contributed by atoms with Crippen LogP contribution in [0.15, 0.2) is 0 Å². The highest BCUT2D eigenvalue weighted by atomic mass is 28.4. The van der Waals surface area contributed by atoms with Crippen LogP contribution >= 0.6 is 0 Å². The maximum atomic E-state index is 11.9. The highest BCUT2D eigenvalue weighted by Crippen LogP contribution is 2.32. The van der Waals surface area contributed by atoms with Crippen molar-refractivity contribution in [2.75, 3.05) is 0 Å². The molecule has 0 saturated carbocycles. The molecule has 0 amide bonds. The van der Waals surface area contributed by atoms with Gasteiger partial charge in [-0.25, -0.2) is 0 Å². The maximum absolute atomic E-state index is 11.9. The smallest absolute Gasteiger partial charge is 0.296 e. The first-order valence-corrected chi connectivity index (χ1v) is 11.3. The third-order valence-electron chi connectivity index (χ3n) is 4.08. The Labute approximate surface area is 134 Å². The van der Waals surface area contributed by atoms with Gasteiger partial charge in [0.2, 0.25) is 0 Å². The lowest BCUT2D eigenvalue weighted by molar-refractivity contribution is -0.131. The predicted octanol–water partition coefficient (Wildman–Crippen LogP) is 5.84. The van der Waals surface area contributed by atoms with Crippen LogP contribution in [0.2, 0.25) is 18.1 Å². The molecule has 0 atom stereocenters. The second kappa shape index (κ2) is 10.4. The Balaban J connectivity index is 4.99. The van der Waals surface area contributed by atoms with Crippen molar-refractivity contribution in [3.05, 3.63) is 6.42 Å². The van der Waals surface area contributed by atoms with Crippen LogP contribution in [0.4, 0.5) is 0 Å². The summed E-state index contributed by atoms with van der Waals surface area (Å²) in [7, 11) is -1.95. The summed E-state index contributed by atoms with van der Waals surface area (Å²) in [6.45, 7) is 15.4. The summed E-state index contributed by atoms with van der Waals surface area (Å²) in [5.41, 5.74) is 0. The summed E-state index contributed by atoms with van der Waals surface area (Å²) in [5, 5.41) is 0. The molecule has 0 aliphatic heterocycles. The second-order valence-electron chi connectivity index (χ2n) is 7.69. The summed E-state index contributed by atoms with van der Waals surface area (Å²) < 4.78 is 6.08. The minimum Gasteiger partial charge on any atom is -0.519 e. The van der Waals surface area contributed by atoms with Gasteiger partial charge in [0.25, 0.3) is 14.3 Å². The molecular formula is C18H37O2Si. The van der Waals surface area contributed by atoms with Crippen molar-refractivity contribution in [3.8, 4) is 0 Å². The molecule has 2 nitrogen and oxygen atoms in total. The number of carbonyl (C=O) groups excluding carboxylic acids is 1. The Hall–Kier alpha value is -0.313. The van der Waals surface area contributed by atoms with Crippen LogP contribution in [0.3, 0.4) is 0 Å². The van der Waals surface area contributed by atoms with Gasteiger partial charge in [-0.15, -0.1) is 0 Å². The van der Waals surface area contributed by atoms with Crippen LogP contribution < -0.4 is 0 Å². The number of rotatable bonds is 11. The van der Waals surface area contributed by atoms with E-state index in [-0.39, 0.29) is 5.97 Å². The van der Waals surface area contributed by atoms with E-state index in [0.29, 0.717) is 17.8 Å². The highest BCUT2D eigenvalue weighted by molar-refractivity contribution is 6.75. The standard InChI is InChI=1S/C18H37O2Si/c1-8-18(19)20-21(12-9-15(2)3,13-10-16(4)5)14-11-17(6)7/h8,15-17H,9-14H2,1-7H3. The molecule has 1 radical (unpaired) electrons. The molecule has 0 aromatic heterocycles. The SMILES string of the molecule is C[CH]C(=O)O[Si](CCC(C)C)(CCC(C)C)CCC(C)C. The van der Waals surface area contributed by atoms with Crippen molar-refractivity contribution in [3.63, 3.8) is 0 Å². The van der Waals surface area contributed by atoms with Gasteiger partial charge in [0.05, 0.1) is 6.42 Å². The van der Waals surface area contributed by atoms with E-state index in [1.807, 2.05) is 0 Å². The third kappa shape index (κ3) is 10.1. The molecule has 0 heterocycles. The summed E-state index contributed by atoms with van der Waals surface area (Å²) in [4.78, 5) is 11.9. The Bertz CT molecular complexity index is 254. The molecule has 0 fully saturated rings. The van der Waals surface area contributed by atoms with Gasteiger partial charge in [0.1, 0.15) is 0 Å². The van der Waals surface area contributed by atoms with E-state index in [0.717, 1.165) is 18.1 Å². The molecule has 0 aliphatic rings. The fourth-order valence-corrected chi connectivity index (χ4v) is 7.37. The van der Waals surface area contributed by atoms with Gasteiger partial charge < -0.3 is 4.43 Å². The lowest BCUT2D eigenvalue weighted by Crippen LogP contribution is -2.41. The molecule has 3 heteroatoms. The molecule has 0 aromatic carbocycles. The molecule has 0 N–H and O–H groups in total. The van der Waals surface area contributed by atoms with Gasteiger partial charge in [-0.1, -0.05) is 67.7 Å². The second-order valence-corrected chi connectivity index (χ2v) is 11.8. The third-order valence-corrected chi connectivity index (χ3v) is 8.32. The minimum atomic E-state index is -1.95. The van der Waals surface area contributed by atoms with Gasteiger partial charge in [-0.05, 0) is 35.9 Å². The fourth-order valence-electron chi connectivity index (χ4n) is 2.46. The topological polar surface area (TPSA) is 26.3 Å². The van der Waals surface area contributed by atoms with Crippen molar-refractivity contribution in [1.29, 1.82) is 0 Å². The average Bonchev–Trinajstić information content (AvgIpc) is 2.40.